The predicted octanol–water partition coefficient (Wildman–Crippen LogP) is 1.47. The molecule has 0 aliphatic heterocycles. The van der Waals surface area contributed by atoms with Crippen LogP contribution in [0.15, 0.2) is 36.8 Å². The van der Waals surface area contributed by atoms with Crippen LogP contribution in [0.25, 0.3) is 0 Å². The molecular weight excluding hydrogens is 200 g/mol. The highest BCUT2D eigenvalue weighted by molar-refractivity contribution is 5.11. The van der Waals surface area contributed by atoms with E-state index in [4.69, 9.17) is 0 Å². The summed E-state index contributed by atoms with van der Waals surface area (Å²) in [5.74, 6) is 0.801. The molecule has 2 aromatic heterocycles. The van der Waals surface area contributed by atoms with Gasteiger partial charge >= 0.3 is 0 Å². The maximum absolute atomic E-state index is 4.31. The lowest BCUT2D eigenvalue weighted by atomic mass is 10.3. The summed E-state index contributed by atoms with van der Waals surface area (Å²) in [6.45, 7) is 3.43. The van der Waals surface area contributed by atoms with Crippen molar-refractivity contribution in [3.05, 3.63) is 53.9 Å². The molecule has 4 heteroatoms. The van der Waals surface area contributed by atoms with Gasteiger partial charge in [-0.05, 0) is 24.6 Å². The molecule has 0 aromatic carbocycles. The van der Waals surface area contributed by atoms with E-state index in [0.29, 0.717) is 6.54 Å². The molecular formula is C12H14N4. The Morgan fingerprint density at radius 1 is 1.06 bits per heavy atom. The Labute approximate surface area is 94.8 Å². The number of hydrogen-bond acceptors (Lipinski definition) is 4. The zero-order chi connectivity index (χ0) is 11.2. The average Bonchev–Trinajstić information content (AvgIpc) is 2.33. The largest absolute Gasteiger partial charge is 0.304 e. The van der Waals surface area contributed by atoms with Crippen molar-refractivity contribution in [3.63, 3.8) is 0 Å². The normalized spacial score (nSPS) is 10.3. The first-order valence-electron chi connectivity index (χ1n) is 5.23. The minimum absolute atomic E-state index is 0.663. The van der Waals surface area contributed by atoms with Crippen LogP contribution in [-0.2, 0) is 13.1 Å². The quantitative estimate of drug-likeness (QED) is 0.837. The van der Waals surface area contributed by atoms with Gasteiger partial charge in [-0.15, -0.1) is 0 Å². The fourth-order valence-electron chi connectivity index (χ4n) is 1.33. The Morgan fingerprint density at radius 3 is 2.56 bits per heavy atom. The minimum atomic E-state index is 0.663. The number of nitrogens with zero attached hydrogens (tertiary/aromatic N) is 3. The molecule has 2 aromatic rings. The maximum atomic E-state index is 4.31. The van der Waals surface area contributed by atoms with Crippen molar-refractivity contribution < 1.29 is 0 Å². The summed E-state index contributed by atoms with van der Waals surface area (Å²) in [6, 6.07) is 5.89. The highest BCUT2D eigenvalue weighted by Gasteiger charge is 1.96. The number of aromatic nitrogens is 3. The third-order valence-corrected chi connectivity index (χ3v) is 2.18. The van der Waals surface area contributed by atoms with Crippen LogP contribution in [0.2, 0.25) is 0 Å². The summed E-state index contributed by atoms with van der Waals surface area (Å²) in [4.78, 5) is 12.6. The summed E-state index contributed by atoms with van der Waals surface area (Å²) < 4.78 is 0. The van der Waals surface area contributed by atoms with E-state index in [1.807, 2.05) is 25.3 Å². The van der Waals surface area contributed by atoms with E-state index >= 15 is 0 Å². The van der Waals surface area contributed by atoms with Gasteiger partial charge in [-0.25, -0.2) is 9.97 Å². The van der Waals surface area contributed by atoms with Crippen LogP contribution < -0.4 is 5.32 Å². The van der Waals surface area contributed by atoms with Gasteiger partial charge in [0, 0.05) is 25.1 Å². The first-order valence-corrected chi connectivity index (χ1v) is 5.23. The summed E-state index contributed by atoms with van der Waals surface area (Å²) in [5, 5.41) is 3.25. The van der Waals surface area contributed by atoms with Crippen molar-refractivity contribution in [1.29, 1.82) is 0 Å². The number of rotatable bonds is 4. The number of hydrogen-bond donors (Lipinski definition) is 1. The molecule has 1 N–H and O–H groups in total. The molecule has 82 valence electrons. The second-order valence-electron chi connectivity index (χ2n) is 3.60. The monoisotopic (exact) mass is 214 g/mol. The maximum Gasteiger partial charge on any atom is 0.141 e. The van der Waals surface area contributed by atoms with Crippen molar-refractivity contribution >= 4 is 0 Å². The van der Waals surface area contributed by atoms with E-state index in [0.717, 1.165) is 18.1 Å². The smallest absolute Gasteiger partial charge is 0.141 e. The lowest BCUT2D eigenvalue weighted by Crippen LogP contribution is -2.15. The van der Waals surface area contributed by atoms with Gasteiger partial charge < -0.3 is 5.32 Å². The van der Waals surface area contributed by atoms with Crippen LogP contribution in [0.5, 0.6) is 0 Å². The fraction of sp³-hybridized carbons (Fsp3) is 0.250. The molecule has 16 heavy (non-hydrogen) atoms. The highest BCUT2D eigenvalue weighted by atomic mass is 15.0. The van der Waals surface area contributed by atoms with Gasteiger partial charge in [0.1, 0.15) is 5.82 Å². The zero-order valence-electron chi connectivity index (χ0n) is 9.22. The van der Waals surface area contributed by atoms with Crippen molar-refractivity contribution in [3.8, 4) is 0 Å². The van der Waals surface area contributed by atoms with Gasteiger partial charge in [-0.2, -0.15) is 0 Å². The minimum Gasteiger partial charge on any atom is -0.304 e. The Morgan fingerprint density at radius 2 is 1.88 bits per heavy atom. The number of aryl methyl sites for hydroxylation is 1. The van der Waals surface area contributed by atoms with Crippen molar-refractivity contribution in [2.75, 3.05) is 0 Å². The molecule has 2 rings (SSSR count). The van der Waals surface area contributed by atoms with Gasteiger partial charge in [0.25, 0.3) is 0 Å². The summed E-state index contributed by atoms with van der Waals surface area (Å²) in [5.41, 5.74) is 2.21. The fourth-order valence-corrected chi connectivity index (χ4v) is 1.33. The summed E-state index contributed by atoms with van der Waals surface area (Å²) in [7, 11) is 0. The standard InChI is InChI=1S/C12H14N4/c1-10-3-4-11(16-7-10)8-13-9-12-14-5-2-6-15-12/h2-7,13H,8-9H2,1H3. The Hall–Kier alpha value is -1.81. The molecule has 0 amide bonds. The van der Waals surface area contributed by atoms with E-state index in [-0.39, 0.29) is 0 Å². The van der Waals surface area contributed by atoms with E-state index in [2.05, 4.69) is 26.3 Å². The molecule has 0 radical (unpaired) electrons. The van der Waals surface area contributed by atoms with Crippen LogP contribution >= 0.6 is 0 Å². The van der Waals surface area contributed by atoms with Crippen molar-refractivity contribution in [1.82, 2.24) is 20.3 Å². The van der Waals surface area contributed by atoms with Crippen molar-refractivity contribution in [2.45, 2.75) is 20.0 Å². The lowest BCUT2D eigenvalue weighted by Gasteiger charge is -2.03. The molecule has 2 heterocycles. The second-order valence-corrected chi connectivity index (χ2v) is 3.60. The van der Waals surface area contributed by atoms with Gasteiger partial charge in [-0.1, -0.05) is 6.07 Å². The first kappa shape index (κ1) is 10.7. The van der Waals surface area contributed by atoms with Gasteiger partial charge in [0.15, 0.2) is 0 Å². The number of pyridine rings is 1. The molecule has 0 fully saturated rings. The van der Waals surface area contributed by atoms with Gasteiger partial charge in [0.2, 0.25) is 0 Å². The van der Waals surface area contributed by atoms with Crippen LogP contribution in [-0.4, -0.2) is 15.0 Å². The van der Waals surface area contributed by atoms with Gasteiger partial charge in [-0.3, -0.25) is 4.98 Å². The molecule has 4 nitrogen and oxygen atoms in total. The van der Waals surface area contributed by atoms with E-state index in [1.165, 1.54) is 5.56 Å². The van der Waals surface area contributed by atoms with Crippen LogP contribution in [0.3, 0.4) is 0 Å². The first-order chi connectivity index (χ1) is 7.84. The van der Waals surface area contributed by atoms with E-state index in [1.54, 1.807) is 12.4 Å². The topological polar surface area (TPSA) is 50.7 Å². The van der Waals surface area contributed by atoms with E-state index < -0.39 is 0 Å². The number of nitrogens with one attached hydrogen (secondary N) is 1. The lowest BCUT2D eigenvalue weighted by molar-refractivity contribution is 0.651. The Kier molecular flexibility index (Phi) is 3.56. The van der Waals surface area contributed by atoms with Crippen LogP contribution in [0, 0.1) is 6.92 Å². The molecule has 0 aliphatic rings. The third kappa shape index (κ3) is 3.10. The highest BCUT2D eigenvalue weighted by Crippen LogP contribution is 1.98. The van der Waals surface area contributed by atoms with Crippen LogP contribution in [0.1, 0.15) is 17.1 Å². The molecule has 0 saturated carbocycles. The molecule has 0 unspecified atom stereocenters. The molecule has 0 spiro atoms. The SMILES string of the molecule is Cc1ccc(CNCc2ncccn2)nc1. The van der Waals surface area contributed by atoms with E-state index in [9.17, 15) is 0 Å². The molecule has 0 aliphatic carbocycles. The Balaban J connectivity index is 1.82. The van der Waals surface area contributed by atoms with Crippen molar-refractivity contribution in [2.24, 2.45) is 0 Å². The predicted molar refractivity (Wildman–Crippen MR) is 61.5 cm³/mol. The zero-order valence-corrected chi connectivity index (χ0v) is 9.22. The average molecular weight is 214 g/mol. The molecule has 0 bridgehead atoms. The summed E-state index contributed by atoms with van der Waals surface area (Å²) in [6.07, 6.45) is 5.36. The Bertz CT molecular complexity index is 425. The van der Waals surface area contributed by atoms with Crippen LogP contribution in [0.4, 0.5) is 0 Å². The molecule has 0 saturated heterocycles. The van der Waals surface area contributed by atoms with Gasteiger partial charge in [0.05, 0.1) is 12.2 Å². The summed E-state index contributed by atoms with van der Waals surface area (Å²) >= 11 is 0. The third-order valence-electron chi connectivity index (χ3n) is 2.18. The molecule has 0 atom stereocenters. The second kappa shape index (κ2) is 5.32.